The lowest BCUT2D eigenvalue weighted by atomic mass is 10.0. The van der Waals surface area contributed by atoms with Crippen LogP contribution in [0, 0.1) is 12.7 Å². The van der Waals surface area contributed by atoms with E-state index in [1.165, 1.54) is 11.6 Å². The maximum atomic E-state index is 13.4. The van der Waals surface area contributed by atoms with Crippen molar-refractivity contribution in [2.75, 3.05) is 0 Å². The second kappa shape index (κ2) is 4.98. The van der Waals surface area contributed by atoms with Crippen molar-refractivity contribution in [3.63, 3.8) is 0 Å². The van der Waals surface area contributed by atoms with Gasteiger partial charge < -0.3 is 0 Å². The van der Waals surface area contributed by atoms with Gasteiger partial charge in [0.25, 0.3) is 0 Å². The van der Waals surface area contributed by atoms with Gasteiger partial charge in [-0.2, -0.15) is 11.3 Å². The van der Waals surface area contributed by atoms with Crippen LogP contribution >= 0.6 is 22.9 Å². The van der Waals surface area contributed by atoms with Crippen LogP contribution in [0.2, 0.25) is 0 Å². The molecule has 0 saturated heterocycles. The third-order valence-electron chi connectivity index (χ3n) is 2.59. The lowest BCUT2D eigenvalue weighted by Gasteiger charge is -2.10. The van der Waals surface area contributed by atoms with Crippen LogP contribution in [0.1, 0.15) is 22.1 Å². The normalized spacial score (nSPS) is 12.7. The molecule has 1 atom stereocenters. The fraction of sp³-hybridized carbons (Fsp3) is 0.231. The number of thiophene rings is 1. The minimum Gasteiger partial charge on any atom is -0.207 e. The third kappa shape index (κ3) is 2.45. The number of hydrogen-bond donors (Lipinski definition) is 0. The summed E-state index contributed by atoms with van der Waals surface area (Å²) in [5, 5.41) is 3.95. The van der Waals surface area contributed by atoms with E-state index in [1.807, 2.05) is 18.4 Å². The van der Waals surface area contributed by atoms with Crippen molar-refractivity contribution in [3.05, 3.63) is 57.5 Å². The molecule has 84 valence electrons. The quantitative estimate of drug-likeness (QED) is 0.696. The van der Waals surface area contributed by atoms with E-state index in [0.29, 0.717) is 12.0 Å². The van der Waals surface area contributed by atoms with Crippen LogP contribution in [0.25, 0.3) is 0 Å². The fourth-order valence-electron chi connectivity index (χ4n) is 1.66. The summed E-state index contributed by atoms with van der Waals surface area (Å²) in [5.41, 5.74) is 2.96. The van der Waals surface area contributed by atoms with E-state index >= 15 is 0 Å². The van der Waals surface area contributed by atoms with Gasteiger partial charge in [-0.05, 0) is 46.9 Å². The summed E-state index contributed by atoms with van der Waals surface area (Å²) in [6.45, 7) is 2.03. The molecule has 3 heteroatoms. The van der Waals surface area contributed by atoms with Crippen LogP contribution in [-0.4, -0.2) is 0 Å². The van der Waals surface area contributed by atoms with Gasteiger partial charge in [-0.15, -0.1) is 11.6 Å². The molecule has 1 aromatic heterocycles. The van der Waals surface area contributed by atoms with Gasteiger partial charge >= 0.3 is 0 Å². The number of benzene rings is 1. The fourth-order valence-corrected chi connectivity index (χ4v) is 3.04. The summed E-state index contributed by atoms with van der Waals surface area (Å²) < 4.78 is 13.4. The van der Waals surface area contributed by atoms with Gasteiger partial charge in [-0.25, -0.2) is 4.39 Å². The maximum absolute atomic E-state index is 13.4. The first-order valence-corrected chi connectivity index (χ1v) is 6.46. The zero-order chi connectivity index (χ0) is 11.5. The number of rotatable bonds is 3. The van der Waals surface area contributed by atoms with Gasteiger partial charge in [0.1, 0.15) is 5.82 Å². The molecule has 1 aromatic carbocycles. The van der Waals surface area contributed by atoms with Gasteiger partial charge in [-0.1, -0.05) is 18.2 Å². The Hall–Kier alpha value is -0.860. The van der Waals surface area contributed by atoms with Crippen LogP contribution in [-0.2, 0) is 6.42 Å². The molecule has 16 heavy (non-hydrogen) atoms. The highest BCUT2D eigenvalue weighted by molar-refractivity contribution is 7.08. The molecule has 0 aliphatic carbocycles. The highest BCUT2D eigenvalue weighted by Crippen LogP contribution is 2.30. The molecule has 0 amide bonds. The van der Waals surface area contributed by atoms with Crippen LogP contribution < -0.4 is 0 Å². The Morgan fingerprint density at radius 1 is 1.31 bits per heavy atom. The van der Waals surface area contributed by atoms with Gasteiger partial charge in [0, 0.05) is 0 Å². The zero-order valence-electron chi connectivity index (χ0n) is 8.91. The van der Waals surface area contributed by atoms with E-state index in [-0.39, 0.29) is 11.2 Å². The van der Waals surface area contributed by atoms with Crippen LogP contribution in [0.4, 0.5) is 4.39 Å². The number of aryl methyl sites for hydroxylation is 1. The van der Waals surface area contributed by atoms with Crippen molar-refractivity contribution in [2.24, 2.45) is 0 Å². The van der Waals surface area contributed by atoms with E-state index in [0.717, 1.165) is 5.56 Å². The van der Waals surface area contributed by atoms with E-state index in [1.54, 1.807) is 23.5 Å². The number of hydrogen-bond acceptors (Lipinski definition) is 1. The Kier molecular flexibility index (Phi) is 3.62. The Morgan fingerprint density at radius 2 is 2.06 bits per heavy atom. The topological polar surface area (TPSA) is 0 Å². The highest BCUT2D eigenvalue weighted by Gasteiger charge is 2.14. The molecular weight excluding hydrogens is 243 g/mol. The van der Waals surface area contributed by atoms with E-state index in [2.05, 4.69) is 5.38 Å². The summed E-state index contributed by atoms with van der Waals surface area (Å²) in [5.74, 6) is -0.180. The highest BCUT2D eigenvalue weighted by atomic mass is 35.5. The molecule has 2 aromatic rings. The minimum absolute atomic E-state index is 0.150. The molecule has 0 bridgehead atoms. The molecule has 1 heterocycles. The maximum Gasteiger partial charge on any atom is 0.126 e. The van der Waals surface area contributed by atoms with Crippen molar-refractivity contribution in [2.45, 2.75) is 18.7 Å². The average Bonchev–Trinajstić information content (AvgIpc) is 2.68. The summed E-state index contributed by atoms with van der Waals surface area (Å²) >= 11 is 7.93. The Morgan fingerprint density at radius 3 is 2.69 bits per heavy atom. The largest absolute Gasteiger partial charge is 0.207 e. The van der Waals surface area contributed by atoms with Crippen molar-refractivity contribution >= 4 is 22.9 Å². The van der Waals surface area contributed by atoms with E-state index in [4.69, 9.17) is 11.6 Å². The Balaban J connectivity index is 2.17. The summed E-state index contributed by atoms with van der Waals surface area (Å²) in [6.07, 6.45) is 0.534. The molecule has 1 unspecified atom stereocenters. The van der Waals surface area contributed by atoms with E-state index < -0.39 is 0 Å². The molecule has 0 radical (unpaired) electrons. The van der Waals surface area contributed by atoms with Gasteiger partial charge in [0.05, 0.1) is 5.38 Å². The standard InChI is InChI=1S/C13H12ClFS/c1-9-7-16-8-11(9)12(14)6-10-4-2-3-5-13(10)15/h2-5,7-8,12H,6H2,1H3. The Labute approximate surface area is 104 Å². The first-order valence-electron chi connectivity index (χ1n) is 5.08. The predicted molar refractivity (Wildman–Crippen MR) is 67.8 cm³/mol. The third-order valence-corrected chi connectivity index (χ3v) is 3.86. The smallest absolute Gasteiger partial charge is 0.126 e. The van der Waals surface area contributed by atoms with Crippen molar-refractivity contribution < 1.29 is 4.39 Å². The Bertz CT molecular complexity index is 478. The van der Waals surface area contributed by atoms with Gasteiger partial charge in [0.2, 0.25) is 0 Å². The second-order valence-corrected chi connectivity index (χ2v) is 5.04. The molecule has 0 nitrogen and oxygen atoms in total. The predicted octanol–water partition coefficient (Wildman–Crippen LogP) is 4.72. The van der Waals surface area contributed by atoms with Crippen LogP contribution in [0.3, 0.4) is 0 Å². The first-order chi connectivity index (χ1) is 7.68. The van der Waals surface area contributed by atoms with Crippen molar-refractivity contribution in [1.82, 2.24) is 0 Å². The molecule has 0 fully saturated rings. The summed E-state index contributed by atoms with van der Waals surface area (Å²) in [6, 6.07) is 6.78. The SMILES string of the molecule is Cc1cscc1C(Cl)Cc1ccccc1F. The summed E-state index contributed by atoms with van der Waals surface area (Å²) in [7, 11) is 0. The van der Waals surface area contributed by atoms with Crippen LogP contribution in [0.5, 0.6) is 0 Å². The van der Waals surface area contributed by atoms with E-state index in [9.17, 15) is 4.39 Å². The molecule has 0 saturated carbocycles. The van der Waals surface area contributed by atoms with Crippen LogP contribution in [0.15, 0.2) is 35.0 Å². The van der Waals surface area contributed by atoms with Gasteiger partial charge in [-0.3, -0.25) is 0 Å². The summed E-state index contributed by atoms with van der Waals surface area (Å²) in [4.78, 5) is 0. The second-order valence-electron chi connectivity index (χ2n) is 3.77. The van der Waals surface area contributed by atoms with Gasteiger partial charge in [0.15, 0.2) is 0 Å². The molecule has 2 rings (SSSR count). The zero-order valence-corrected chi connectivity index (χ0v) is 10.5. The number of alkyl halides is 1. The molecule has 0 aliphatic heterocycles. The molecule has 0 N–H and O–H groups in total. The van der Waals surface area contributed by atoms with Crippen molar-refractivity contribution in [3.8, 4) is 0 Å². The first kappa shape index (κ1) is 11.6. The lowest BCUT2D eigenvalue weighted by Crippen LogP contribution is -1.98. The minimum atomic E-state index is -0.180. The molecular formula is C13H12ClFS. The molecule has 0 aliphatic rings. The number of halogens is 2. The monoisotopic (exact) mass is 254 g/mol. The molecule has 0 spiro atoms. The lowest BCUT2D eigenvalue weighted by molar-refractivity contribution is 0.607. The van der Waals surface area contributed by atoms with Crippen molar-refractivity contribution in [1.29, 1.82) is 0 Å². The average molecular weight is 255 g/mol.